The van der Waals surface area contributed by atoms with Gasteiger partial charge in [0.25, 0.3) is 5.91 Å². The number of hydrogen-bond donors (Lipinski definition) is 2. The Bertz CT molecular complexity index is 349. The third-order valence-corrected chi connectivity index (χ3v) is 2.14. The second-order valence-corrected chi connectivity index (χ2v) is 3.47. The average molecular weight is 221 g/mol. The van der Waals surface area contributed by atoms with E-state index in [1.807, 2.05) is 6.07 Å². The molecule has 1 aromatic rings. The Kier molecular flexibility index (Phi) is 5.05. The van der Waals surface area contributed by atoms with Crippen LogP contribution in [-0.4, -0.2) is 23.5 Å². The van der Waals surface area contributed by atoms with Crippen LogP contribution in [0.5, 0.6) is 0 Å². The van der Waals surface area contributed by atoms with Crippen molar-refractivity contribution in [3.05, 3.63) is 35.9 Å². The summed E-state index contributed by atoms with van der Waals surface area (Å²) in [7, 11) is 0. The first-order chi connectivity index (χ1) is 7.70. The van der Waals surface area contributed by atoms with Gasteiger partial charge in [-0.05, 0) is 25.0 Å². The van der Waals surface area contributed by atoms with Crippen LogP contribution in [0.2, 0.25) is 0 Å². The Morgan fingerprint density at radius 3 is 2.44 bits per heavy atom. The Morgan fingerprint density at radius 2 is 1.81 bits per heavy atom. The summed E-state index contributed by atoms with van der Waals surface area (Å²) in [5, 5.41) is 11.2. The zero-order valence-corrected chi connectivity index (χ0v) is 8.98. The van der Waals surface area contributed by atoms with Gasteiger partial charge in [-0.1, -0.05) is 18.2 Å². The van der Waals surface area contributed by atoms with Crippen molar-refractivity contribution in [2.24, 2.45) is 0 Å². The topological polar surface area (TPSA) is 66.4 Å². The van der Waals surface area contributed by atoms with Crippen LogP contribution in [-0.2, 0) is 4.79 Å². The lowest BCUT2D eigenvalue weighted by Crippen LogP contribution is -2.24. The van der Waals surface area contributed by atoms with E-state index in [1.54, 1.807) is 24.3 Å². The maximum atomic E-state index is 11.5. The number of carbonyl (C=O) groups excluding carboxylic acids is 1. The monoisotopic (exact) mass is 221 g/mol. The molecule has 4 nitrogen and oxygen atoms in total. The van der Waals surface area contributed by atoms with Crippen molar-refractivity contribution in [3.63, 3.8) is 0 Å². The van der Waals surface area contributed by atoms with Gasteiger partial charge in [0.2, 0.25) is 0 Å². The molecule has 4 heteroatoms. The summed E-state index contributed by atoms with van der Waals surface area (Å²) < 4.78 is 0. The molecule has 0 bridgehead atoms. The number of benzene rings is 1. The average Bonchev–Trinajstić information content (AvgIpc) is 2.29. The van der Waals surface area contributed by atoms with E-state index < -0.39 is 5.97 Å². The van der Waals surface area contributed by atoms with Crippen LogP contribution in [0, 0.1) is 0 Å². The lowest BCUT2D eigenvalue weighted by atomic mass is 10.2. The molecule has 86 valence electrons. The predicted molar refractivity (Wildman–Crippen MR) is 60.3 cm³/mol. The molecule has 0 heterocycles. The third kappa shape index (κ3) is 4.59. The van der Waals surface area contributed by atoms with Crippen LogP contribution in [0.3, 0.4) is 0 Å². The molecule has 0 saturated carbocycles. The van der Waals surface area contributed by atoms with E-state index in [0.29, 0.717) is 24.9 Å². The fourth-order valence-electron chi connectivity index (χ4n) is 1.29. The highest BCUT2D eigenvalue weighted by Gasteiger charge is 2.03. The molecule has 0 saturated heterocycles. The van der Waals surface area contributed by atoms with Crippen LogP contribution in [0.25, 0.3) is 0 Å². The molecule has 16 heavy (non-hydrogen) atoms. The van der Waals surface area contributed by atoms with Crippen molar-refractivity contribution in [2.45, 2.75) is 19.3 Å². The second-order valence-electron chi connectivity index (χ2n) is 3.47. The van der Waals surface area contributed by atoms with Crippen LogP contribution in [0.1, 0.15) is 29.6 Å². The van der Waals surface area contributed by atoms with Gasteiger partial charge in [-0.15, -0.1) is 0 Å². The molecule has 0 aromatic heterocycles. The minimum absolute atomic E-state index is 0.115. The van der Waals surface area contributed by atoms with E-state index in [9.17, 15) is 9.59 Å². The first-order valence-electron chi connectivity index (χ1n) is 5.25. The smallest absolute Gasteiger partial charge is 0.303 e. The van der Waals surface area contributed by atoms with E-state index in [4.69, 9.17) is 5.11 Å². The molecule has 1 aromatic carbocycles. The summed E-state index contributed by atoms with van der Waals surface area (Å²) in [6, 6.07) is 8.95. The minimum atomic E-state index is -0.797. The van der Waals surface area contributed by atoms with Gasteiger partial charge < -0.3 is 10.4 Å². The number of carboxylic acids is 1. The second kappa shape index (κ2) is 6.61. The Hall–Kier alpha value is -1.84. The van der Waals surface area contributed by atoms with E-state index >= 15 is 0 Å². The van der Waals surface area contributed by atoms with Crippen molar-refractivity contribution in [2.75, 3.05) is 6.54 Å². The van der Waals surface area contributed by atoms with E-state index in [2.05, 4.69) is 5.32 Å². The molecule has 0 spiro atoms. The van der Waals surface area contributed by atoms with E-state index in [0.717, 1.165) is 0 Å². The van der Waals surface area contributed by atoms with Crippen LogP contribution in [0.15, 0.2) is 30.3 Å². The third-order valence-electron chi connectivity index (χ3n) is 2.14. The number of nitrogens with one attached hydrogen (secondary N) is 1. The minimum Gasteiger partial charge on any atom is -0.481 e. The van der Waals surface area contributed by atoms with Gasteiger partial charge in [0.05, 0.1) is 0 Å². The van der Waals surface area contributed by atoms with Crippen molar-refractivity contribution in [3.8, 4) is 0 Å². The summed E-state index contributed by atoms with van der Waals surface area (Å²) in [5.74, 6) is -0.912. The van der Waals surface area contributed by atoms with Crippen molar-refractivity contribution in [1.29, 1.82) is 0 Å². The number of carboxylic acid groups (broad SMARTS) is 1. The Balaban J connectivity index is 2.19. The molecule has 0 radical (unpaired) electrons. The van der Waals surface area contributed by atoms with Crippen LogP contribution >= 0.6 is 0 Å². The largest absolute Gasteiger partial charge is 0.481 e. The normalized spacial score (nSPS) is 9.75. The fraction of sp³-hybridized carbons (Fsp3) is 0.333. The number of aliphatic carboxylic acids is 1. The molecule has 0 atom stereocenters. The van der Waals surface area contributed by atoms with Crippen molar-refractivity contribution >= 4 is 11.9 Å². The number of carbonyl (C=O) groups is 2. The molecular formula is C12H15NO3. The summed E-state index contributed by atoms with van der Waals surface area (Å²) in [4.78, 5) is 21.7. The van der Waals surface area contributed by atoms with E-state index in [-0.39, 0.29) is 12.3 Å². The van der Waals surface area contributed by atoms with Crippen molar-refractivity contribution < 1.29 is 14.7 Å². The number of hydrogen-bond acceptors (Lipinski definition) is 2. The SMILES string of the molecule is O=C(O)CCCCNC(=O)c1ccccc1. The van der Waals surface area contributed by atoms with Gasteiger partial charge in [0.1, 0.15) is 0 Å². The molecule has 0 aliphatic rings. The van der Waals surface area contributed by atoms with Gasteiger partial charge in [-0.3, -0.25) is 9.59 Å². The number of amides is 1. The highest BCUT2D eigenvalue weighted by atomic mass is 16.4. The first-order valence-corrected chi connectivity index (χ1v) is 5.25. The quantitative estimate of drug-likeness (QED) is 0.718. The van der Waals surface area contributed by atoms with Gasteiger partial charge in [0.15, 0.2) is 0 Å². The van der Waals surface area contributed by atoms with Crippen molar-refractivity contribution in [1.82, 2.24) is 5.32 Å². The summed E-state index contributed by atoms with van der Waals surface area (Å²) in [6.07, 6.45) is 1.43. The lowest BCUT2D eigenvalue weighted by molar-refractivity contribution is -0.137. The molecule has 0 unspecified atom stereocenters. The molecule has 1 amide bonds. The maximum Gasteiger partial charge on any atom is 0.303 e. The number of unbranched alkanes of at least 4 members (excludes halogenated alkanes) is 1. The molecule has 0 aliphatic heterocycles. The molecule has 1 rings (SSSR count). The maximum absolute atomic E-state index is 11.5. The summed E-state index contributed by atoms with van der Waals surface area (Å²) in [6.45, 7) is 0.515. The standard InChI is InChI=1S/C12H15NO3/c14-11(15)8-4-5-9-13-12(16)10-6-2-1-3-7-10/h1-3,6-7H,4-5,8-9H2,(H,13,16)(H,14,15). The molecule has 0 aliphatic carbocycles. The van der Waals surface area contributed by atoms with Crippen LogP contribution in [0.4, 0.5) is 0 Å². The molecule has 2 N–H and O–H groups in total. The molecular weight excluding hydrogens is 206 g/mol. The van der Waals surface area contributed by atoms with Gasteiger partial charge >= 0.3 is 5.97 Å². The van der Waals surface area contributed by atoms with Gasteiger partial charge in [-0.25, -0.2) is 0 Å². The Labute approximate surface area is 94.3 Å². The molecule has 0 fully saturated rings. The van der Waals surface area contributed by atoms with Crippen LogP contribution < -0.4 is 5.32 Å². The highest BCUT2D eigenvalue weighted by molar-refractivity contribution is 5.94. The summed E-state index contributed by atoms with van der Waals surface area (Å²) in [5.41, 5.74) is 0.626. The van der Waals surface area contributed by atoms with Gasteiger partial charge in [-0.2, -0.15) is 0 Å². The highest BCUT2D eigenvalue weighted by Crippen LogP contribution is 1.98. The first kappa shape index (κ1) is 12.2. The predicted octanol–water partition coefficient (Wildman–Crippen LogP) is 1.67. The zero-order chi connectivity index (χ0) is 11.8. The fourth-order valence-corrected chi connectivity index (χ4v) is 1.29. The lowest BCUT2D eigenvalue weighted by Gasteiger charge is -2.03. The number of rotatable bonds is 6. The zero-order valence-electron chi connectivity index (χ0n) is 8.98. The van der Waals surface area contributed by atoms with Gasteiger partial charge in [0, 0.05) is 18.5 Å². The Morgan fingerprint density at radius 1 is 1.12 bits per heavy atom. The summed E-state index contributed by atoms with van der Waals surface area (Å²) >= 11 is 0. The van der Waals surface area contributed by atoms with E-state index in [1.165, 1.54) is 0 Å².